The lowest BCUT2D eigenvalue weighted by Crippen LogP contribution is -2.38. The Labute approximate surface area is 154 Å². The molecule has 0 spiro atoms. The van der Waals surface area contributed by atoms with E-state index in [1.807, 2.05) is 23.5 Å². The minimum absolute atomic E-state index is 0.192. The summed E-state index contributed by atoms with van der Waals surface area (Å²) in [5, 5.41) is 2.74. The van der Waals surface area contributed by atoms with Gasteiger partial charge in [-0.05, 0) is 47.8 Å². The van der Waals surface area contributed by atoms with E-state index in [0.717, 1.165) is 31.5 Å². The van der Waals surface area contributed by atoms with Gasteiger partial charge < -0.3 is 9.88 Å². The van der Waals surface area contributed by atoms with Crippen molar-refractivity contribution in [2.75, 3.05) is 19.6 Å². The van der Waals surface area contributed by atoms with Crippen molar-refractivity contribution in [1.29, 1.82) is 0 Å². The number of nitrogens with one attached hydrogen (secondary N) is 1. The second kappa shape index (κ2) is 6.21. The van der Waals surface area contributed by atoms with Gasteiger partial charge in [0.15, 0.2) is 0 Å². The average Bonchev–Trinajstić information content (AvgIpc) is 3.25. The lowest BCUT2D eigenvalue weighted by molar-refractivity contribution is 0.194. The van der Waals surface area contributed by atoms with E-state index >= 15 is 0 Å². The number of H-pyrrole nitrogens is 1. The Hall–Kier alpha value is -2.18. The number of fused-ring (bicyclic) bond motifs is 2. The Bertz CT molecular complexity index is 1050. The number of hydrogen-bond acceptors (Lipinski definition) is 4. The largest absolute Gasteiger partial charge is 0.328 e. The molecule has 0 radical (unpaired) electrons. The van der Waals surface area contributed by atoms with E-state index in [9.17, 15) is 9.59 Å². The van der Waals surface area contributed by atoms with Crippen LogP contribution < -0.4 is 11.2 Å². The van der Waals surface area contributed by atoms with Gasteiger partial charge in [0, 0.05) is 31.1 Å². The maximum absolute atomic E-state index is 12.6. The van der Waals surface area contributed by atoms with Crippen molar-refractivity contribution in [3.05, 3.63) is 67.5 Å². The monoisotopic (exact) mass is 367 g/mol. The van der Waals surface area contributed by atoms with Crippen molar-refractivity contribution >= 4 is 22.2 Å². The number of hydrogen-bond donors (Lipinski definition) is 1. The first kappa shape index (κ1) is 16.0. The Morgan fingerprint density at radius 3 is 2.81 bits per heavy atom. The molecule has 0 amide bonds. The second-order valence-electron chi connectivity index (χ2n) is 7.47. The summed E-state index contributed by atoms with van der Waals surface area (Å²) in [6.07, 6.45) is 1.28. The van der Waals surface area contributed by atoms with Crippen LogP contribution in [0.2, 0.25) is 0 Å². The first-order valence-corrected chi connectivity index (χ1v) is 10.1. The number of nitrogens with zero attached hydrogens (tertiary/aromatic N) is 2. The number of benzene rings is 1. The quantitative estimate of drug-likeness (QED) is 0.771. The van der Waals surface area contributed by atoms with Crippen molar-refractivity contribution in [1.82, 2.24) is 14.5 Å². The summed E-state index contributed by atoms with van der Waals surface area (Å²) in [6.45, 7) is 3.37. The Morgan fingerprint density at radius 1 is 1.08 bits per heavy atom. The van der Waals surface area contributed by atoms with Crippen LogP contribution in [0.4, 0.5) is 0 Å². The number of aromatic amines is 1. The van der Waals surface area contributed by atoms with Crippen molar-refractivity contribution < 1.29 is 0 Å². The molecule has 26 heavy (non-hydrogen) atoms. The molecule has 3 heterocycles. The van der Waals surface area contributed by atoms with Gasteiger partial charge in [-0.15, -0.1) is 11.3 Å². The molecule has 0 bridgehead atoms. The third-order valence-electron chi connectivity index (χ3n) is 6.08. The SMILES string of the molecule is O=c1[nH]c2ccccc2c(=O)n1CCN1CC2CC(c3cccs3)C2C1. The summed E-state index contributed by atoms with van der Waals surface area (Å²) in [5.74, 6) is 2.21. The van der Waals surface area contributed by atoms with Crippen molar-refractivity contribution in [2.24, 2.45) is 11.8 Å². The zero-order chi connectivity index (χ0) is 17.7. The molecule has 6 heteroatoms. The van der Waals surface area contributed by atoms with Gasteiger partial charge in [0.25, 0.3) is 5.56 Å². The van der Waals surface area contributed by atoms with Gasteiger partial charge in [-0.25, -0.2) is 4.79 Å². The number of rotatable bonds is 4. The van der Waals surface area contributed by atoms with E-state index in [-0.39, 0.29) is 11.2 Å². The van der Waals surface area contributed by atoms with E-state index in [4.69, 9.17) is 0 Å². The van der Waals surface area contributed by atoms with Crippen LogP contribution >= 0.6 is 11.3 Å². The standard InChI is InChI=1S/C20H21N3O2S/c24-19-14-4-1-2-5-17(14)21-20(25)23(19)8-7-22-11-13-10-15(16(13)12-22)18-6-3-9-26-18/h1-6,9,13,15-16H,7-8,10-12H2,(H,21,25). The van der Waals surface area contributed by atoms with Gasteiger partial charge >= 0.3 is 5.69 Å². The summed E-state index contributed by atoms with van der Waals surface area (Å²) in [7, 11) is 0. The molecule has 1 N–H and O–H groups in total. The highest BCUT2D eigenvalue weighted by Gasteiger charge is 2.47. The molecule has 1 aliphatic heterocycles. The molecule has 1 saturated carbocycles. The number of likely N-dealkylation sites (tertiary alicyclic amines) is 1. The fourth-order valence-corrected chi connectivity index (χ4v) is 5.57. The number of para-hydroxylation sites is 1. The van der Waals surface area contributed by atoms with E-state index in [1.54, 1.807) is 12.1 Å². The first-order valence-electron chi connectivity index (χ1n) is 9.18. The van der Waals surface area contributed by atoms with E-state index in [2.05, 4.69) is 27.4 Å². The molecule has 1 saturated heterocycles. The zero-order valence-electron chi connectivity index (χ0n) is 14.4. The summed E-state index contributed by atoms with van der Waals surface area (Å²) >= 11 is 1.86. The van der Waals surface area contributed by atoms with Crippen LogP contribution in [0, 0.1) is 11.8 Å². The third kappa shape index (κ3) is 2.56. The maximum Gasteiger partial charge on any atom is 0.328 e. The fourth-order valence-electron chi connectivity index (χ4n) is 4.65. The molecular weight excluding hydrogens is 346 g/mol. The van der Waals surface area contributed by atoms with Gasteiger partial charge in [0.05, 0.1) is 10.9 Å². The van der Waals surface area contributed by atoms with Gasteiger partial charge in [0.1, 0.15) is 0 Å². The molecule has 3 aromatic rings. The van der Waals surface area contributed by atoms with E-state index in [0.29, 0.717) is 23.4 Å². The average molecular weight is 367 g/mol. The third-order valence-corrected chi connectivity index (χ3v) is 7.08. The highest BCUT2D eigenvalue weighted by Crippen LogP contribution is 2.52. The molecule has 134 valence electrons. The van der Waals surface area contributed by atoms with Crippen LogP contribution in [0.3, 0.4) is 0 Å². The van der Waals surface area contributed by atoms with Gasteiger partial charge in [-0.3, -0.25) is 9.36 Å². The minimum Gasteiger partial charge on any atom is -0.307 e. The van der Waals surface area contributed by atoms with Crippen molar-refractivity contribution in [3.8, 4) is 0 Å². The molecule has 5 nitrogen and oxygen atoms in total. The van der Waals surface area contributed by atoms with Crippen LogP contribution in [-0.4, -0.2) is 34.1 Å². The Balaban J connectivity index is 1.30. The fraction of sp³-hybridized carbons (Fsp3) is 0.400. The number of aromatic nitrogens is 2. The van der Waals surface area contributed by atoms with E-state index < -0.39 is 0 Å². The molecule has 3 atom stereocenters. The molecule has 1 aromatic carbocycles. The highest BCUT2D eigenvalue weighted by molar-refractivity contribution is 7.10. The van der Waals surface area contributed by atoms with E-state index in [1.165, 1.54) is 15.9 Å². The first-order chi connectivity index (χ1) is 12.7. The van der Waals surface area contributed by atoms with Gasteiger partial charge in [0.2, 0.25) is 0 Å². The van der Waals surface area contributed by atoms with Gasteiger partial charge in [-0.1, -0.05) is 18.2 Å². The Kier molecular flexibility index (Phi) is 3.83. The highest BCUT2D eigenvalue weighted by atomic mass is 32.1. The summed E-state index contributed by atoms with van der Waals surface area (Å²) in [6, 6.07) is 11.6. The minimum atomic E-state index is -0.313. The second-order valence-corrected chi connectivity index (χ2v) is 8.45. The molecule has 2 aliphatic rings. The van der Waals surface area contributed by atoms with Crippen LogP contribution in [0.5, 0.6) is 0 Å². The zero-order valence-corrected chi connectivity index (χ0v) is 15.2. The lowest BCUT2D eigenvalue weighted by atomic mass is 9.66. The topological polar surface area (TPSA) is 58.1 Å². The maximum atomic E-state index is 12.6. The van der Waals surface area contributed by atoms with Crippen LogP contribution in [0.1, 0.15) is 17.2 Å². The smallest absolute Gasteiger partial charge is 0.307 e. The number of thiophene rings is 1. The normalized spacial score (nSPS) is 25.3. The molecule has 5 rings (SSSR count). The van der Waals surface area contributed by atoms with Crippen molar-refractivity contribution in [3.63, 3.8) is 0 Å². The Morgan fingerprint density at radius 2 is 1.96 bits per heavy atom. The summed E-state index contributed by atoms with van der Waals surface area (Å²) in [4.78, 5) is 31.7. The van der Waals surface area contributed by atoms with Gasteiger partial charge in [-0.2, -0.15) is 0 Å². The molecule has 1 aliphatic carbocycles. The lowest BCUT2D eigenvalue weighted by Gasteiger charge is -2.39. The molecule has 2 aromatic heterocycles. The summed E-state index contributed by atoms with van der Waals surface area (Å²) < 4.78 is 1.35. The molecular formula is C20H21N3O2S. The predicted octanol–water partition coefficient (Wildman–Crippen LogP) is 2.49. The summed E-state index contributed by atoms with van der Waals surface area (Å²) in [5.41, 5.74) is 0.104. The van der Waals surface area contributed by atoms with Crippen LogP contribution in [-0.2, 0) is 6.54 Å². The van der Waals surface area contributed by atoms with Crippen LogP contribution in [0.25, 0.3) is 10.9 Å². The van der Waals surface area contributed by atoms with Crippen molar-refractivity contribution in [2.45, 2.75) is 18.9 Å². The van der Waals surface area contributed by atoms with Crippen LogP contribution in [0.15, 0.2) is 51.4 Å². The molecule has 3 unspecified atom stereocenters. The predicted molar refractivity (Wildman–Crippen MR) is 104 cm³/mol. The molecule has 2 fully saturated rings.